The molecule has 1 N–H and O–H groups in total. The van der Waals surface area contributed by atoms with Crippen molar-refractivity contribution >= 4 is 29.2 Å². The molecule has 0 atom stereocenters. The Hall–Kier alpha value is -1.19. The van der Waals surface area contributed by atoms with E-state index < -0.39 is 0 Å². The smallest absolute Gasteiger partial charge is 0.202 e. The van der Waals surface area contributed by atoms with Gasteiger partial charge in [-0.05, 0) is 24.1 Å². The van der Waals surface area contributed by atoms with E-state index in [1.54, 1.807) is 12.3 Å². The van der Waals surface area contributed by atoms with E-state index in [9.17, 15) is 0 Å². The molecule has 1 heterocycles. The fourth-order valence-electron chi connectivity index (χ4n) is 1.57. The van der Waals surface area contributed by atoms with E-state index in [1.165, 1.54) is 0 Å². The van der Waals surface area contributed by atoms with Crippen molar-refractivity contribution in [2.75, 3.05) is 11.9 Å². The van der Waals surface area contributed by atoms with Gasteiger partial charge in [0.1, 0.15) is 0 Å². The lowest BCUT2D eigenvalue weighted by molar-refractivity contribution is 0.889. The summed E-state index contributed by atoms with van der Waals surface area (Å²) in [5.74, 6) is 0.857. The number of halogens is 2. The number of benzene rings is 1. The second-order valence-corrected chi connectivity index (χ2v) is 4.62. The summed E-state index contributed by atoms with van der Waals surface area (Å²) >= 11 is 11.9. The van der Waals surface area contributed by atoms with Crippen LogP contribution in [-0.2, 0) is 13.5 Å². The summed E-state index contributed by atoms with van der Waals surface area (Å²) in [6, 6.07) is 5.56. The van der Waals surface area contributed by atoms with E-state index in [0.29, 0.717) is 10.0 Å². The van der Waals surface area contributed by atoms with Gasteiger partial charge in [0.25, 0.3) is 0 Å². The Labute approximate surface area is 110 Å². The van der Waals surface area contributed by atoms with Gasteiger partial charge in [-0.15, -0.1) is 0 Å². The van der Waals surface area contributed by atoms with Gasteiger partial charge in [-0.2, -0.15) is 0 Å². The molecule has 0 unspecified atom stereocenters. The highest BCUT2D eigenvalue weighted by Crippen LogP contribution is 2.21. The monoisotopic (exact) mass is 269 g/mol. The number of anilines is 1. The molecule has 2 aromatic rings. The fraction of sp³-hybridized carbons (Fsp3) is 0.250. The van der Waals surface area contributed by atoms with Crippen molar-refractivity contribution in [3.63, 3.8) is 0 Å². The zero-order valence-corrected chi connectivity index (χ0v) is 11.0. The summed E-state index contributed by atoms with van der Waals surface area (Å²) in [7, 11) is 1.95. The molecule has 0 radical (unpaired) electrons. The van der Waals surface area contributed by atoms with Crippen molar-refractivity contribution in [3.8, 4) is 0 Å². The van der Waals surface area contributed by atoms with Gasteiger partial charge in [0.2, 0.25) is 5.95 Å². The van der Waals surface area contributed by atoms with E-state index in [2.05, 4.69) is 10.3 Å². The summed E-state index contributed by atoms with van der Waals surface area (Å²) in [5.41, 5.74) is 1.08. The zero-order chi connectivity index (χ0) is 12.3. The largest absolute Gasteiger partial charge is 0.355 e. The van der Waals surface area contributed by atoms with Crippen LogP contribution in [0, 0.1) is 0 Å². The number of nitrogens with one attached hydrogen (secondary N) is 1. The third kappa shape index (κ3) is 3.14. The zero-order valence-electron chi connectivity index (χ0n) is 9.45. The Morgan fingerprint density at radius 2 is 2.18 bits per heavy atom. The van der Waals surface area contributed by atoms with Crippen LogP contribution >= 0.6 is 23.2 Å². The third-order valence-electron chi connectivity index (χ3n) is 2.51. The molecule has 90 valence electrons. The number of nitrogens with zero attached hydrogens (tertiary/aromatic N) is 2. The SMILES string of the molecule is Cn1ccnc1NCCc1ccc(Cl)cc1Cl. The second kappa shape index (κ2) is 5.43. The Balaban J connectivity index is 1.92. The summed E-state index contributed by atoms with van der Waals surface area (Å²) in [6.45, 7) is 0.784. The third-order valence-corrected chi connectivity index (χ3v) is 3.10. The molecule has 0 aliphatic carbocycles. The number of aryl methyl sites for hydroxylation is 1. The van der Waals surface area contributed by atoms with Gasteiger partial charge < -0.3 is 9.88 Å². The predicted octanol–water partition coefficient (Wildman–Crippen LogP) is 3.38. The lowest BCUT2D eigenvalue weighted by Crippen LogP contribution is -2.09. The average Bonchev–Trinajstić information content (AvgIpc) is 2.68. The van der Waals surface area contributed by atoms with Gasteiger partial charge in [0.05, 0.1) is 0 Å². The highest BCUT2D eigenvalue weighted by atomic mass is 35.5. The van der Waals surface area contributed by atoms with Crippen LogP contribution in [0.4, 0.5) is 5.95 Å². The highest BCUT2D eigenvalue weighted by molar-refractivity contribution is 6.35. The minimum Gasteiger partial charge on any atom is -0.355 e. The molecule has 0 aliphatic heterocycles. The molecule has 5 heteroatoms. The molecular formula is C12H13Cl2N3. The van der Waals surface area contributed by atoms with Gasteiger partial charge in [0.15, 0.2) is 0 Å². The van der Waals surface area contributed by atoms with Crippen LogP contribution in [-0.4, -0.2) is 16.1 Å². The lowest BCUT2D eigenvalue weighted by Gasteiger charge is -2.07. The van der Waals surface area contributed by atoms with Gasteiger partial charge in [-0.25, -0.2) is 4.98 Å². The van der Waals surface area contributed by atoms with Crippen molar-refractivity contribution in [2.45, 2.75) is 6.42 Å². The summed E-state index contributed by atoms with van der Waals surface area (Å²) in [6.07, 6.45) is 4.50. The predicted molar refractivity (Wildman–Crippen MR) is 71.9 cm³/mol. The Morgan fingerprint density at radius 3 is 2.82 bits per heavy atom. The van der Waals surface area contributed by atoms with Crippen LogP contribution in [0.1, 0.15) is 5.56 Å². The van der Waals surface area contributed by atoms with Crippen molar-refractivity contribution in [1.82, 2.24) is 9.55 Å². The average molecular weight is 270 g/mol. The Bertz CT molecular complexity index is 508. The molecule has 0 aliphatic rings. The number of aromatic nitrogens is 2. The number of rotatable bonds is 4. The first-order valence-corrected chi connectivity index (χ1v) is 6.07. The first-order chi connectivity index (χ1) is 8.16. The maximum atomic E-state index is 6.09. The fourth-order valence-corrected chi connectivity index (χ4v) is 2.07. The summed E-state index contributed by atoms with van der Waals surface area (Å²) < 4.78 is 1.93. The topological polar surface area (TPSA) is 29.9 Å². The van der Waals surface area contributed by atoms with Crippen LogP contribution in [0.25, 0.3) is 0 Å². The molecule has 17 heavy (non-hydrogen) atoms. The van der Waals surface area contributed by atoms with Crippen molar-refractivity contribution in [2.24, 2.45) is 7.05 Å². The summed E-state index contributed by atoms with van der Waals surface area (Å²) in [5, 5.41) is 4.61. The molecule has 2 rings (SSSR count). The van der Waals surface area contributed by atoms with Crippen molar-refractivity contribution in [1.29, 1.82) is 0 Å². The second-order valence-electron chi connectivity index (χ2n) is 3.77. The van der Waals surface area contributed by atoms with Crippen LogP contribution in [0.3, 0.4) is 0 Å². The van der Waals surface area contributed by atoms with E-state index in [4.69, 9.17) is 23.2 Å². The first kappa shape index (κ1) is 12.3. The number of imidazole rings is 1. The lowest BCUT2D eigenvalue weighted by atomic mass is 10.1. The van der Waals surface area contributed by atoms with Crippen molar-refractivity contribution in [3.05, 3.63) is 46.2 Å². The standard InChI is InChI=1S/C12H13Cl2N3/c1-17-7-6-16-12(17)15-5-4-9-2-3-10(13)8-11(9)14/h2-3,6-8H,4-5H2,1H3,(H,15,16). The molecular weight excluding hydrogens is 257 g/mol. The van der Waals surface area contributed by atoms with Gasteiger partial charge in [-0.1, -0.05) is 29.3 Å². The molecule has 0 spiro atoms. The molecule has 0 amide bonds. The first-order valence-electron chi connectivity index (χ1n) is 5.32. The minimum atomic E-state index is 0.663. The molecule has 0 fully saturated rings. The number of hydrogen-bond donors (Lipinski definition) is 1. The quantitative estimate of drug-likeness (QED) is 0.923. The molecule has 3 nitrogen and oxygen atoms in total. The maximum Gasteiger partial charge on any atom is 0.202 e. The molecule has 0 saturated heterocycles. The van der Waals surface area contributed by atoms with Crippen molar-refractivity contribution < 1.29 is 0 Å². The van der Waals surface area contributed by atoms with E-state index in [1.807, 2.05) is 29.9 Å². The normalized spacial score (nSPS) is 10.5. The van der Waals surface area contributed by atoms with Crippen LogP contribution in [0.5, 0.6) is 0 Å². The Morgan fingerprint density at radius 1 is 1.35 bits per heavy atom. The number of hydrogen-bond acceptors (Lipinski definition) is 2. The van der Waals surface area contributed by atoms with E-state index in [-0.39, 0.29) is 0 Å². The van der Waals surface area contributed by atoms with Gasteiger partial charge >= 0.3 is 0 Å². The maximum absolute atomic E-state index is 6.09. The van der Waals surface area contributed by atoms with Crippen LogP contribution < -0.4 is 5.32 Å². The van der Waals surface area contributed by atoms with Gasteiger partial charge in [-0.3, -0.25) is 0 Å². The Kier molecular flexibility index (Phi) is 3.92. The van der Waals surface area contributed by atoms with Crippen LogP contribution in [0.15, 0.2) is 30.6 Å². The highest BCUT2D eigenvalue weighted by Gasteiger charge is 2.02. The molecule has 0 bridgehead atoms. The molecule has 1 aromatic heterocycles. The molecule has 1 aromatic carbocycles. The van der Waals surface area contributed by atoms with Crippen LogP contribution in [0.2, 0.25) is 10.0 Å². The minimum absolute atomic E-state index is 0.663. The van der Waals surface area contributed by atoms with Gasteiger partial charge in [0, 0.05) is 36.0 Å². The van der Waals surface area contributed by atoms with E-state index >= 15 is 0 Å². The summed E-state index contributed by atoms with van der Waals surface area (Å²) in [4.78, 5) is 4.18. The van der Waals surface area contributed by atoms with E-state index in [0.717, 1.165) is 24.5 Å². The molecule has 0 saturated carbocycles.